The van der Waals surface area contributed by atoms with Gasteiger partial charge in [-0.05, 0) is 50.1 Å². The molecule has 0 aliphatic carbocycles. The average molecular weight is 519 g/mol. The molecule has 1 amide bonds. The Morgan fingerprint density at radius 3 is 2.65 bits per heavy atom. The number of aromatic nitrogens is 1. The van der Waals surface area contributed by atoms with Crippen LogP contribution in [0.15, 0.2) is 60.7 Å². The summed E-state index contributed by atoms with van der Waals surface area (Å²) in [6.45, 7) is 8.87. The Bertz CT molecular complexity index is 1450. The van der Waals surface area contributed by atoms with Gasteiger partial charge < -0.3 is 14.6 Å². The number of rotatable bonds is 7. The highest BCUT2D eigenvalue weighted by Crippen LogP contribution is 2.44. The van der Waals surface area contributed by atoms with Crippen LogP contribution in [0, 0.1) is 20.8 Å². The number of aliphatic hydroxyl groups excluding tert-OH is 1. The lowest BCUT2D eigenvalue weighted by Crippen LogP contribution is -2.29. The van der Waals surface area contributed by atoms with E-state index in [1.807, 2.05) is 26.0 Å². The van der Waals surface area contributed by atoms with E-state index in [0.717, 1.165) is 22.5 Å². The number of aliphatic hydroxyl groups is 1. The molecule has 1 aliphatic rings. The third-order valence-corrected chi connectivity index (χ3v) is 7.15. The molecule has 0 spiro atoms. The van der Waals surface area contributed by atoms with Gasteiger partial charge in [0, 0.05) is 5.56 Å². The number of thiazole rings is 1. The molecule has 1 fully saturated rings. The van der Waals surface area contributed by atoms with Crippen molar-refractivity contribution in [1.29, 1.82) is 0 Å². The van der Waals surface area contributed by atoms with E-state index < -0.39 is 23.7 Å². The van der Waals surface area contributed by atoms with E-state index in [0.29, 0.717) is 22.6 Å². The van der Waals surface area contributed by atoms with Gasteiger partial charge in [-0.15, -0.1) is 0 Å². The second-order valence-corrected chi connectivity index (χ2v) is 9.54. The number of esters is 1. The Labute approximate surface area is 218 Å². The van der Waals surface area contributed by atoms with Crippen molar-refractivity contribution in [3.63, 3.8) is 0 Å². The second-order valence-electron chi connectivity index (χ2n) is 8.56. The second kappa shape index (κ2) is 10.4. The van der Waals surface area contributed by atoms with Gasteiger partial charge in [0.15, 0.2) is 5.13 Å². The van der Waals surface area contributed by atoms with Crippen LogP contribution in [-0.2, 0) is 14.3 Å². The fourth-order valence-electron chi connectivity index (χ4n) is 4.17. The Hall–Kier alpha value is -4.24. The number of benzene rings is 2. The lowest BCUT2D eigenvalue weighted by Gasteiger charge is -2.23. The van der Waals surface area contributed by atoms with Crippen LogP contribution >= 0.6 is 11.3 Å². The van der Waals surface area contributed by atoms with Gasteiger partial charge >= 0.3 is 11.9 Å². The molecule has 1 aliphatic heterocycles. The summed E-state index contributed by atoms with van der Waals surface area (Å²) in [5.74, 6) is -2.09. The molecule has 1 N–H and O–H groups in total. The van der Waals surface area contributed by atoms with Crippen LogP contribution < -0.4 is 9.64 Å². The molecule has 9 heteroatoms. The van der Waals surface area contributed by atoms with E-state index in [9.17, 15) is 19.5 Å². The fraction of sp³-hybridized carbons (Fsp3) is 0.214. The van der Waals surface area contributed by atoms with Crippen LogP contribution in [0.2, 0.25) is 0 Å². The van der Waals surface area contributed by atoms with Crippen molar-refractivity contribution < 1.29 is 29.0 Å². The number of nitrogens with zero attached hydrogens (tertiary/aromatic N) is 2. The van der Waals surface area contributed by atoms with E-state index in [4.69, 9.17) is 9.47 Å². The zero-order valence-corrected chi connectivity index (χ0v) is 21.7. The summed E-state index contributed by atoms with van der Waals surface area (Å²) in [6.07, 6.45) is 1.45. The van der Waals surface area contributed by atoms with E-state index in [-0.39, 0.29) is 27.9 Å². The third-order valence-electron chi connectivity index (χ3n) is 6.01. The van der Waals surface area contributed by atoms with Gasteiger partial charge in [-0.1, -0.05) is 53.8 Å². The first-order chi connectivity index (χ1) is 17.7. The van der Waals surface area contributed by atoms with Gasteiger partial charge in [0.05, 0.1) is 24.4 Å². The van der Waals surface area contributed by atoms with Crippen LogP contribution in [0.1, 0.15) is 43.7 Å². The Kier molecular flexibility index (Phi) is 7.26. The van der Waals surface area contributed by atoms with Crippen LogP contribution in [0.5, 0.6) is 5.75 Å². The number of carbonyl (C=O) groups is 3. The topological polar surface area (TPSA) is 106 Å². The molecule has 1 atom stereocenters. The summed E-state index contributed by atoms with van der Waals surface area (Å²) in [7, 11) is 1.51. The molecule has 37 heavy (non-hydrogen) atoms. The van der Waals surface area contributed by atoms with Gasteiger partial charge in [-0.25, -0.2) is 9.78 Å². The molecule has 1 saturated heterocycles. The fourth-order valence-corrected chi connectivity index (χ4v) is 5.16. The molecule has 0 bridgehead atoms. The highest BCUT2D eigenvalue weighted by molar-refractivity contribution is 7.17. The molecule has 1 unspecified atom stereocenters. The summed E-state index contributed by atoms with van der Waals surface area (Å²) in [6, 6.07) is 11.4. The number of hydrogen-bond donors (Lipinski definition) is 1. The predicted octanol–water partition coefficient (Wildman–Crippen LogP) is 5.05. The number of aryl methyl sites for hydroxylation is 3. The maximum Gasteiger partial charge on any atom is 0.350 e. The number of ether oxygens (including phenoxy) is 2. The number of anilines is 1. The summed E-state index contributed by atoms with van der Waals surface area (Å²) < 4.78 is 10.5. The smallest absolute Gasteiger partial charge is 0.350 e. The van der Waals surface area contributed by atoms with Crippen molar-refractivity contribution in [2.45, 2.75) is 26.8 Å². The number of ketones is 1. The van der Waals surface area contributed by atoms with E-state index in [1.54, 1.807) is 37.3 Å². The quantitative estimate of drug-likeness (QED) is 0.153. The van der Waals surface area contributed by atoms with Crippen molar-refractivity contribution >= 4 is 39.9 Å². The Morgan fingerprint density at radius 1 is 1.19 bits per heavy atom. The summed E-state index contributed by atoms with van der Waals surface area (Å²) in [5, 5.41) is 11.6. The predicted molar refractivity (Wildman–Crippen MR) is 141 cm³/mol. The number of carbonyl (C=O) groups excluding carboxylic acids is 3. The molecule has 0 saturated carbocycles. The SMILES string of the molecule is C=CCOC(=O)c1sc(N2C(=O)C(=O)/C(=C(/O)c3cc(C)ccc3C)C2c2cccc(OC)c2)nc1C. The molecule has 1 aromatic heterocycles. The highest BCUT2D eigenvalue weighted by Gasteiger charge is 2.48. The first kappa shape index (κ1) is 25.8. The number of methoxy groups -OCH3 is 1. The van der Waals surface area contributed by atoms with Crippen LogP contribution in [-0.4, -0.2) is 41.5 Å². The average Bonchev–Trinajstić information content (AvgIpc) is 3.40. The first-order valence-corrected chi connectivity index (χ1v) is 12.3. The molecule has 0 radical (unpaired) electrons. The summed E-state index contributed by atoms with van der Waals surface area (Å²) in [5.41, 5.74) is 2.91. The minimum Gasteiger partial charge on any atom is -0.507 e. The van der Waals surface area contributed by atoms with E-state index in [1.165, 1.54) is 18.1 Å². The monoisotopic (exact) mass is 518 g/mol. The zero-order valence-electron chi connectivity index (χ0n) is 20.9. The molecule has 4 rings (SSSR count). The van der Waals surface area contributed by atoms with Gasteiger partial charge in [0.2, 0.25) is 0 Å². The minimum atomic E-state index is -1.00. The lowest BCUT2D eigenvalue weighted by molar-refractivity contribution is -0.132. The van der Waals surface area contributed by atoms with Crippen molar-refractivity contribution in [3.05, 3.63) is 93.5 Å². The van der Waals surface area contributed by atoms with Crippen molar-refractivity contribution in [2.75, 3.05) is 18.6 Å². The van der Waals surface area contributed by atoms with E-state index in [2.05, 4.69) is 11.6 Å². The van der Waals surface area contributed by atoms with Gasteiger partial charge in [0.25, 0.3) is 5.78 Å². The maximum atomic E-state index is 13.4. The maximum absolute atomic E-state index is 13.4. The Morgan fingerprint density at radius 2 is 1.95 bits per heavy atom. The molecule has 190 valence electrons. The van der Waals surface area contributed by atoms with E-state index >= 15 is 0 Å². The number of Topliss-reactive ketones (excluding diaryl/α,β-unsaturated/α-hetero) is 1. The largest absolute Gasteiger partial charge is 0.507 e. The van der Waals surface area contributed by atoms with Crippen LogP contribution in [0.25, 0.3) is 5.76 Å². The summed E-state index contributed by atoms with van der Waals surface area (Å²) >= 11 is 0.942. The number of hydrogen-bond acceptors (Lipinski definition) is 8. The molecule has 2 aromatic carbocycles. The third kappa shape index (κ3) is 4.77. The molecule has 3 aromatic rings. The highest BCUT2D eigenvalue weighted by atomic mass is 32.1. The first-order valence-electron chi connectivity index (χ1n) is 11.5. The van der Waals surface area contributed by atoms with Crippen molar-refractivity contribution in [3.8, 4) is 5.75 Å². The Balaban J connectivity index is 1.93. The lowest BCUT2D eigenvalue weighted by atomic mass is 9.93. The normalized spacial score (nSPS) is 16.6. The minimum absolute atomic E-state index is 0.0235. The van der Waals surface area contributed by atoms with Gasteiger partial charge in [-0.2, -0.15) is 0 Å². The summed E-state index contributed by atoms with van der Waals surface area (Å²) in [4.78, 5) is 45.3. The number of amides is 1. The molecular weight excluding hydrogens is 492 g/mol. The van der Waals surface area contributed by atoms with Gasteiger partial charge in [0.1, 0.15) is 23.0 Å². The standard InChI is InChI=1S/C28H26N2O6S/c1-6-12-36-27(34)25-17(4)29-28(37-25)30-22(18-8-7-9-19(14-18)35-5)21(24(32)26(30)33)23(31)20-13-15(2)10-11-16(20)3/h6-11,13-14,22,31H,1,12H2,2-5H3/b23-21+. The molecular formula is C28H26N2O6S. The van der Waals surface area contributed by atoms with Crippen molar-refractivity contribution in [2.24, 2.45) is 0 Å². The molecule has 8 nitrogen and oxygen atoms in total. The van der Waals surface area contributed by atoms with Crippen LogP contribution in [0.4, 0.5) is 5.13 Å². The van der Waals surface area contributed by atoms with Crippen molar-refractivity contribution in [1.82, 2.24) is 4.98 Å². The van der Waals surface area contributed by atoms with Crippen LogP contribution in [0.3, 0.4) is 0 Å². The van der Waals surface area contributed by atoms with Gasteiger partial charge in [-0.3, -0.25) is 14.5 Å². The molecule has 2 heterocycles. The zero-order chi connectivity index (χ0) is 26.9.